The van der Waals surface area contributed by atoms with Gasteiger partial charge in [-0.2, -0.15) is 0 Å². The van der Waals surface area contributed by atoms with Crippen LogP contribution in [0.5, 0.6) is 0 Å². The first-order valence-corrected chi connectivity index (χ1v) is 5.28. The van der Waals surface area contributed by atoms with Gasteiger partial charge in [0.1, 0.15) is 0 Å². The van der Waals surface area contributed by atoms with Gasteiger partial charge < -0.3 is 0 Å². The summed E-state index contributed by atoms with van der Waals surface area (Å²) in [6, 6.07) is 14.6. The Balaban J connectivity index is 2.65. The molecule has 1 unspecified atom stereocenters. The number of hydrogen-bond acceptors (Lipinski definition) is 2. The summed E-state index contributed by atoms with van der Waals surface area (Å²) in [6.45, 7) is 2.03. The van der Waals surface area contributed by atoms with E-state index in [1.54, 1.807) is 0 Å². The zero-order chi connectivity index (χ0) is 10.7. The number of benzene rings is 2. The van der Waals surface area contributed by atoms with Crippen molar-refractivity contribution in [3.8, 4) is 0 Å². The molecule has 2 rings (SSSR count). The molecular weight excluding hydrogens is 202 g/mol. The van der Waals surface area contributed by atoms with E-state index >= 15 is 0 Å². The lowest BCUT2D eigenvalue weighted by Gasteiger charge is -2.08. The number of hydrogen-bond donors (Lipinski definition) is 0. The molecule has 74 valence electrons. The number of fused-ring (bicyclic) bond motifs is 1. The van der Waals surface area contributed by atoms with Gasteiger partial charge in [0.2, 0.25) is 0 Å². The van der Waals surface area contributed by atoms with Crippen molar-refractivity contribution in [3.63, 3.8) is 0 Å². The molecule has 0 fully saturated rings. The number of aliphatic imine (C=N–C) groups is 1. The van der Waals surface area contributed by atoms with Crippen molar-refractivity contribution in [1.29, 1.82) is 0 Å². The Hall–Kier alpha value is -1.50. The molecule has 0 aliphatic heterocycles. The molecule has 0 amide bonds. The number of isothiocyanates is 1. The summed E-state index contributed by atoms with van der Waals surface area (Å²) in [5.41, 5.74) is 1.20. The Labute approximate surface area is 94.5 Å². The number of nitrogens with zero attached hydrogens (tertiary/aromatic N) is 1. The first kappa shape index (κ1) is 10.0. The van der Waals surface area contributed by atoms with E-state index in [2.05, 4.69) is 46.6 Å². The first-order valence-electron chi connectivity index (χ1n) is 4.87. The third-order valence-corrected chi connectivity index (χ3v) is 2.63. The molecule has 0 saturated carbocycles. The molecule has 1 atom stereocenters. The summed E-state index contributed by atoms with van der Waals surface area (Å²) in [5.74, 6) is 0. The Morgan fingerprint density at radius 3 is 2.67 bits per heavy atom. The van der Waals surface area contributed by atoms with E-state index in [0.717, 1.165) is 0 Å². The molecule has 0 bridgehead atoms. The van der Waals surface area contributed by atoms with Crippen LogP contribution in [-0.2, 0) is 0 Å². The Bertz CT molecular complexity index is 522. The molecule has 1 nitrogen and oxygen atoms in total. The third-order valence-electron chi connectivity index (χ3n) is 2.52. The van der Waals surface area contributed by atoms with Crippen LogP contribution in [0.3, 0.4) is 0 Å². The molecule has 0 N–H and O–H groups in total. The molecule has 2 aromatic rings. The highest BCUT2D eigenvalue weighted by atomic mass is 32.1. The van der Waals surface area contributed by atoms with Gasteiger partial charge in [0.15, 0.2) is 0 Å². The Kier molecular flexibility index (Phi) is 2.91. The Morgan fingerprint density at radius 1 is 1.13 bits per heavy atom. The van der Waals surface area contributed by atoms with Crippen LogP contribution >= 0.6 is 12.2 Å². The van der Waals surface area contributed by atoms with Crippen molar-refractivity contribution >= 4 is 28.2 Å². The van der Waals surface area contributed by atoms with Crippen LogP contribution in [0, 0.1) is 0 Å². The lowest BCUT2D eigenvalue weighted by molar-refractivity contribution is 0.837. The monoisotopic (exact) mass is 213 g/mol. The number of rotatable bonds is 2. The van der Waals surface area contributed by atoms with Crippen molar-refractivity contribution in [1.82, 2.24) is 0 Å². The zero-order valence-corrected chi connectivity index (χ0v) is 9.29. The Morgan fingerprint density at radius 2 is 1.87 bits per heavy atom. The quantitative estimate of drug-likeness (QED) is 0.542. The van der Waals surface area contributed by atoms with E-state index in [-0.39, 0.29) is 6.04 Å². The minimum atomic E-state index is 0.0774. The van der Waals surface area contributed by atoms with Crippen LogP contribution < -0.4 is 0 Å². The van der Waals surface area contributed by atoms with Gasteiger partial charge in [-0.3, -0.25) is 0 Å². The zero-order valence-electron chi connectivity index (χ0n) is 8.47. The second kappa shape index (κ2) is 4.35. The van der Waals surface area contributed by atoms with Gasteiger partial charge in [0.25, 0.3) is 0 Å². The van der Waals surface area contributed by atoms with Crippen LogP contribution in [0.15, 0.2) is 47.5 Å². The van der Waals surface area contributed by atoms with Gasteiger partial charge in [-0.1, -0.05) is 42.5 Å². The topological polar surface area (TPSA) is 12.4 Å². The van der Waals surface area contributed by atoms with E-state index in [9.17, 15) is 0 Å². The summed E-state index contributed by atoms with van der Waals surface area (Å²) in [5, 5.41) is 4.91. The molecule has 0 radical (unpaired) electrons. The fourth-order valence-electron chi connectivity index (χ4n) is 1.76. The predicted molar refractivity (Wildman–Crippen MR) is 67.4 cm³/mol. The van der Waals surface area contributed by atoms with Crippen molar-refractivity contribution in [2.24, 2.45) is 4.99 Å². The minimum absolute atomic E-state index is 0.0774. The highest BCUT2D eigenvalue weighted by molar-refractivity contribution is 7.78. The van der Waals surface area contributed by atoms with Gasteiger partial charge in [0, 0.05) is 0 Å². The molecule has 0 heterocycles. The van der Waals surface area contributed by atoms with E-state index in [0.29, 0.717) is 0 Å². The summed E-state index contributed by atoms with van der Waals surface area (Å²) in [7, 11) is 0. The smallest absolute Gasteiger partial charge is 0.0830 e. The molecule has 2 aromatic carbocycles. The maximum absolute atomic E-state index is 4.63. The van der Waals surface area contributed by atoms with Gasteiger partial charge in [-0.05, 0) is 35.5 Å². The lowest BCUT2D eigenvalue weighted by Crippen LogP contribution is -1.90. The fraction of sp³-hybridized carbons (Fsp3) is 0.154. The standard InChI is InChI=1S/C13H11NS/c1-10(14-9-15)12-8-4-6-11-5-2-3-7-13(11)12/h2-8,10H,1H3. The highest BCUT2D eigenvalue weighted by Crippen LogP contribution is 2.25. The van der Waals surface area contributed by atoms with E-state index in [1.807, 2.05) is 25.1 Å². The number of thiocarbonyl (C=S) groups is 1. The van der Waals surface area contributed by atoms with Crippen molar-refractivity contribution in [3.05, 3.63) is 48.0 Å². The molecular formula is C13H11NS. The molecule has 0 aliphatic rings. The van der Waals surface area contributed by atoms with Crippen LogP contribution in [0.25, 0.3) is 10.8 Å². The van der Waals surface area contributed by atoms with Crippen molar-refractivity contribution in [2.45, 2.75) is 13.0 Å². The summed E-state index contributed by atoms with van der Waals surface area (Å²) >= 11 is 4.63. The third kappa shape index (κ3) is 1.96. The fourth-order valence-corrected chi connectivity index (χ4v) is 1.92. The van der Waals surface area contributed by atoms with Gasteiger partial charge in [0.05, 0.1) is 11.2 Å². The van der Waals surface area contributed by atoms with E-state index in [1.165, 1.54) is 16.3 Å². The van der Waals surface area contributed by atoms with E-state index < -0.39 is 0 Å². The molecule has 0 aliphatic carbocycles. The summed E-state index contributed by atoms with van der Waals surface area (Å²) < 4.78 is 0. The average Bonchev–Trinajstić information content (AvgIpc) is 2.28. The summed E-state index contributed by atoms with van der Waals surface area (Å²) in [4.78, 5) is 4.11. The van der Waals surface area contributed by atoms with Crippen molar-refractivity contribution in [2.75, 3.05) is 0 Å². The predicted octanol–water partition coefficient (Wildman–Crippen LogP) is 4.00. The average molecular weight is 213 g/mol. The molecule has 0 aromatic heterocycles. The SMILES string of the molecule is CC(N=C=S)c1cccc2ccccc12. The lowest BCUT2D eigenvalue weighted by atomic mass is 10.0. The highest BCUT2D eigenvalue weighted by Gasteiger charge is 2.06. The van der Waals surface area contributed by atoms with E-state index in [4.69, 9.17) is 0 Å². The second-order valence-corrected chi connectivity index (χ2v) is 3.65. The molecule has 0 saturated heterocycles. The molecule has 0 spiro atoms. The minimum Gasteiger partial charge on any atom is -0.225 e. The molecule has 15 heavy (non-hydrogen) atoms. The van der Waals surface area contributed by atoms with Gasteiger partial charge in [-0.25, -0.2) is 4.99 Å². The first-order chi connectivity index (χ1) is 7.33. The van der Waals surface area contributed by atoms with Gasteiger partial charge >= 0.3 is 0 Å². The largest absolute Gasteiger partial charge is 0.225 e. The van der Waals surface area contributed by atoms with Crippen LogP contribution in [-0.4, -0.2) is 5.16 Å². The second-order valence-electron chi connectivity index (χ2n) is 3.46. The maximum Gasteiger partial charge on any atom is 0.0830 e. The van der Waals surface area contributed by atoms with Crippen LogP contribution in [0.2, 0.25) is 0 Å². The van der Waals surface area contributed by atoms with Crippen LogP contribution in [0.1, 0.15) is 18.5 Å². The van der Waals surface area contributed by atoms with Crippen LogP contribution in [0.4, 0.5) is 0 Å². The maximum atomic E-state index is 4.63. The molecule has 2 heteroatoms. The normalized spacial score (nSPS) is 12.1. The van der Waals surface area contributed by atoms with Crippen molar-refractivity contribution < 1.29 is 0 Å². The van der Waals surface area contributed by atoms with Gasteiger partial charge in [-0.15, -0.1) is 0 Å². The summed E-state index contributed by atoms with van der Waals surface area (Å²) in [6.07, 6.45) is 0.